The molecule has 2 aliphatic rings. The van der Waals surface area contributed by atoms with Gasteiger partial charge in [0.05, 0.1) is 19.8 Å². The normalized spacial score (nSPS) is 24.7. The molecule has 3 N–H and O–H groups in total. The van der Waals surface area contributed by atoms with Crippen LogP contribution in [0, 0.1) is 11.8 Å². The van der Waals surface area contributed by atoms with Gasteiger partial charge in [-0.05, 0) is 91.5 Å². The maximum absolute atomic E-state index is 13.4. The second-order valence-corrected chi connectivity index (χ2v) is 18.2. The summed E-state index contributed by atoms with van der Waals surface area (Å²) in [5.74, 6) is 0.649. The van der Waals surface area contributed by atoms with Gasteiger partial charge < -0.3 is 65.5 Å². The number of nitrogens with zero attached hydrogens (tertiary/aromatic N) is 1. The Kier molecular flexibility index (Phi) is 22.6. The molecular weight excluding hydrogens is 840 g/mol. The Morgan fingerprint density at radius 1 is 0.651 bits per heavy atom. The molecule has 2 heterocycles. The lowest BCUT2D eigenvalue weighted by Gasteiger charge is -2.33. The summed E-state index contributed by atoms with van der Waals surface area (Å²) in [4.78, 5) is 52.4. The zero-order valence-electron chi connectivity index (χ0n) is 39.0. The second kappa shape index (κ2) is 25.9. The number of imide groups is 1. The molecule has 17 heteroatoms. The van der Waals surface area contributed by atoms with Crippen LogP contribution in [0.3, 0.4) is 0 Å². The monoisotopic (exact) mass is 910 g/mol. The van der Waals surface area contributed by atoms with E-state index in [1.807, 2.05) is 69.3 Å². The van der Waals surface area contributed by atoms with Crippen molar-refractivity contribution < 1.29 is 84.7 Å². The van der Waals surface area contributed by atoms with Gasteiger partial charge in [0.2, 0.25) is 6.04 Å². The van der Waals surface area contributed by atoms with Crippen molar-refractivity contribution in [3.05, 3.63) is 60.7 Å². The number of para-hydroxylation sites is 2. The Bertz CT molecular complexity index is 1640. The van der Waals surface area contributed by atoms with Gasteiger partial charge in [0.25, 0.3) is 0 Å². The minimum Gasteiger partial charge on any atom is -1.00 e. The quantitative estimate of drug-likeness (QED) is 0.256. The van der Waals surface area contributed by atoms with Gasteiger partial charge in [0.15, 0.2) is 18.2 Å². The summed E-state index contributed by atoms with van der Waals surface area (Å²) in [5, 5.41) is 0. The summed E-state index contributed by atoms with van der Waals surface area (Å²) >= 11 is 0. The van der Waals surface area contributed by atoms with Crippen molar-refractivity contribution >= 4 is 24.1 Å². The number of halogens is 1. The molecule has 4 rings (SSSR count). The minimum atomic E-state index is -1.46. The number of ether oxygens (including phenoxy) is 10. The number of amides is 2. The summed E-state index contributed by atoms with van der Waals surface area (Å²) in [6, 6.07) is 16.5. The molecule has 2 aromatic rings. The van der Waals surface area contributed by atoms with Gasteiger partial charge in [-0.25, -0.2) is 19.2 Å². The number of carbonyl (C=O) groups is 4. The van der Waals surface area contributed by atoms with E-state index in [9.17, 15) is 19.2 Å². The Morgan fingerprint density at radius 2 is 1.03 bits per heavy atom. The molecule has 0 saturated carbocycles. The van der Waals surface area contributed by atoms with Gasteiger partial charge in [-0.3, -0.25) is 0 Å². The summed E-state index contributed by atoms with van der Waals surface area (Å²) in [6.07, 6.45) is -5.50. The highest BCUT2D eigenvalue weighted by Crippen LogP contribution is 2.25. The highest BCUT2D eigenvalue weighted by atomic mass is 35.5. The maximum atomic E-state index is 13.4. The molecule has 0 aromatic heterocycles. The summed E-state index contributed by atoms with van der Waals surface area (Å²) in [7, 11) is 0. The molecule has 2 saturated heterocycles. The number of quaternary nitrogens is 1. The van der Waals surface area contributed by atoms with Crippen LogP contribution in [0.15, 0.2) is 60.7 Å². The van der Waals surface area contributed by atoms with Crippen molar-refractivity contribution in [2.45, 2.75) is 143 Å². The van der Waals surface area contributed by atoms with Crippen LogP contribution in [0.1, 0.15) is 83.1 Å². The van der Waals surface area contributed by atoms with E-state index in [0.29, 0.717) is 42.1 Å². The average Bonchev–Trinajstić information content (AvgIpc) is 3.25. The number of rotatable bonds is 11. The van der Waals surface area contributed by atoms with Crippen LogP contribution in [0.2, 0.25) is 0 Å². The molecule has 2 amide bonds. The van der Waals surface area contributed by atoms with Crippen LogP contribution >= 0.6 is 0 Å². The number of esters is 2. The van der Waals surface area contributed by atoms with Crippen LogP contribution < -0.4 is 27.6 Å². The van der Waals surface area contributed by atoms with E-state index < -0.39 is 72.0 Å². The van der Waals surface area contributed by atoms with Crippen molar-refractivity contribution in [2.24, 2.45) is 11.8 Å². The fourth-order valence-corrected chi connectivity index (χ4v) is 5.93. The van der Waals surface area contributed by atoms with E-state index in [4.69, 9.17) is 47.4 Å². The fraction of sp³-hybridized carbons (Fsp3) is 0.652. The maximum Gasteiger partial charge on any atom is 0.420 e. The van der Waals surface area contributed by atoms with Crippen molar-refractivity contribution in [1.82, 2.24) is 4.90 Å². The summed E-state index contributed by atoms with van der Waals surface area (Å²) < 4.78 is 58.0. The highest BCUT2D eigenvalue weighted by Gasteiger charge is 2.45. The lowest BCUT2D eigenvalue weighted by molar-refractivity contribution is -0.415. The molecule has 356 valence electrons. The van der Waals surface area contributed by atoms with Gasteiger partial charge >= 0.3 is 24.1 Å². The number of benzene rings is 2. The molecule has 0 radical (unpaired) electrons. The molecular formula is C46H71ClN2O14. The van der Waals surface area contributed by atoms with Crippen molar-refractivity contribution in [1.29, 1.82) is 0 Å². The lowest BCUT2D eigenvalue weighted by Crippen LogP contribution is -3.00. The predicted molar refractivity (Wildman–Crippen MR) is 228 cm³/mol. The third kappa shape index (κ3) is 19.6. The van der Waals surface area contributed by atoms with Crippen LogP contribution in [0.4, 0.5) is 9.59 Å². The first-order valence-corrected chi connectivity index (χ1v) is 21.4. The Morgan fingerprint density at radius 3 is 1.41 bits per heavy atom. The Balaban J connectivity index is 0.000000470. The van der Waals surface area contributed by atoms with Gasteiger partial charge in [0.1, 0.15) is 53.7 Å². The number of hydrogen-bond acceptors (Lipinski definition) is 14. The topological polar surface area (TPSA) is 191 Å². The second-order valence-electron chi connectivity index (χ2n) is 18.2. The van der Waals surface area contributed by atoms with E-state index >= 15 is 0 Å². The van der Waals surface area contributed by atoms with E-state index in [0.717, 1.165) is 0 Å². The first-order valence-electron chi connectivity index (χ1n) is 21.4. The third-order valence-corrected chi connectivity index (χ3v) is 8.84. The third-order valence-electron chi connectivity index (χ3n) is 8.84. The van der Waals surface area contributed by atoms with E-state index in [2.05, 4.69) is 19.6 Å². The van der Waals surface area contributed by atoms with Gasteiger partial charge in [-0.15, -0.1) is 0 Å². The fourth-order valence-electron chi connectivity index (χ4n) is 5.93. The molecule has 0 unspecified atom stereocenters. The van der Waals surface area contributed by atoms with Crippen LogP contribution in [0.5, 0.6) is 11.5 Å². The van der Waals surface area contributed by atoms with Crippen LogP contribution in [-0.2, 0) is 47.5 Å². The zero-order valence-corrected chi connectivity index (χ0v) is 39.8. The van der Waals surface area contributed by atoms with Gasteiger partial charge in [0, 0.05) is 13.2 Å². The molecule has 0 bridgehead atoms. The molecule has 16 nitrogen and oxygen atoms in total. The molecule has 2 aliphatic heterocycles. The zero-order chi connectivity index (χ0) is 46.2. The predicted octanol–water partition coefficient (Wildman–Crippen LogP) is 3.03. The smallest absolute Gasteiger partial charge is 0.420 e. The van der Waals surface area contributed by atoms with Crippen molar-refractivity contribution in [3.8, 4) is 11.5 Å². The van der Waals surface area contributed by atoms with E-state index in [1.54, 1.807) is 60.6 Å². The molecule has 8 atom stereocenters. The lowest BCUT2D eigenvalue weighted by atomic mass is 10.1. The van der Waals surface area contributed by atoms with Crippen LogP contribution in [0.25, 0.3) is 0 Å². The minimum absolute atomic E-state index is 0. The van der Waals surface area contributed by atoms with Gasteiger partial charge in [-0.1, -0.05) is 64.1 Å². The SMILES string of the molecule is CC(C)CO[C@H]1COC[C@H](N(C(=O)OC(C)(C)C)C(=O)OC(C)(C)C)C(=O)O[C@@H](C)[C@@H]1Oc1ccccc1.CC(C)CO[C@H]1COC[C@H]([NH3+])C(=O)O[C@@H](C)[C@@H]1Oc1ccccc1.[Cl-]. The molecule has 2 fully saturated rings. The largest absolute Gasteiger partial charge is 1.00 e. The molecule has 0 aliphatic carbocycles. The number of carbonyl (C=O) groups excluding carboxylic acids is 4. The molecule has 2 aromatic carbocycles. The van der Waals surface area contributed by atoms with E-state index in [1.165, 1.54) is 0 Å². The Labute approximate surface area is 379 Å². The van der Waals surface area contributed by atoms with Crippen molar-refractivity contribution in [3.63, 3.8) is 0 Å². The average molecular weight is 912 g/mol. The standard InChI is InChI=1S/C28H43NO9.C18H27NO5.ClH/c1-18(2)15-34-22-17-33-16-21(24(30)35-19(3)23(22)36-20-13-11-10-12-14-20)29(25(31)37-27(4,5)6)26(32)38-28(7,8)9;1-12(2)9-22-16-11-21-10-15(19)18(20)23-13(3)17(16)24-14-7-5-4-6-8-14;/h10-14,18-19,21-23H,15-17H2,1-9H3;4-8,12-13,15-17H,9-11,19H2,1-3H3;1H/t19-,21-,22-,23-;13-,15-,16-,17-;/m00./s1. The van der Waals surface area contributed by atoms with E-state index in [-0.39, 0.29) is 50.2 Å². The van der Waals surface area contributed by atoms with Gasteiger partial charge in [-0.2, -0.15) is 4.90 Å². The first-order chi connectivity index (χ1) is 29.0. The summed E-state index contributed by atoms with van der Waals surface area (Å²) in [6.45, 7) is 22.8. The van der Waals surface area contributed by atoms with Crippen LogP contribution in [-0.4, -0.2) is 129 Å². The summed E-state index contributed by atoms with van der Waals surface area (Å²) in [5.41, 5.74) is 1.92. The number of hydrogen-bond donors (Lipinski definition) is 1. The molecule has 63 heavy (non-hydrogen) atoms. The Hall–Kier alpha value is -4.19. The number of cyclic esters (lactones) is 2. The molecule has 0 spiro atoms. The highest BCUT2D eigenvalue weighted by molar-refractivity contribution is 5.94. The van der Waals surface area contributed by atoms with Crippen molar-refractivity contribution in [2.75, 3.05) is 39.6 Å². The first kappa shape index (κ1) is 54.9.